The number of nitrogens with one attached hydrogen (secondary N) is 2. The summed E-state index contributed by atoms with van der Waals surface area (Å²) in [6.45, 7) is 11.0. The van der Waals surface area contributed by atoms with E-state index in [0.29, 0.717) is 48.9 Å². The molecule has 0 aliphatic carbocycles. The maximum Gasteiger partial charge on any atom is 0.128 e. The van der Waals surface area contributed by atoms with E-state index in [-0.39, 0.29) is 13.2 Å². The van der Waals surface area contributed by atoms with Crippen molar-refractivity contribution >= 4 is 0 Å². The maximum absolute atomic E-state index is 9.28. The fraction of sp³-hybridized carbons (Fsp3) is 0.250. The molecule has 0 atom stereocenters. The Bertz CT molecular complexity index is 2310. The smallest absolute Gasteiger partial charge is 0.128 e. The predicted octanol–water partition coefficient (Wildman–Crippen LogP) is 8.88. The molecule has 0 amide bonds. The average Bonchev–Trinajstić information content (AvgIpc) is 3.23. The first-order valence-electron chi connectivity index (χ1n) is 19.1. The third-order valence-corrected chi connectivity index (χ3v) is 10.0. The maximum atomic E-state index is 9.28. The van der Waals surface area contributed by atoms with Gasteiger partial charge in [0.1, 0.15) is 61.6 Å². The van der Waals surface area contributed by atoms with Crippen molar-refractivity contribution in [1.29, 1.82) is 10.5 Å². The molecule has 58 heavy (non-hydrogen) atoms. The van der Waals surface area contributed by atoms with Gasteiger partial charge in [-0.15, -0.1) is 0 Å². The van der Waals surface area contributed by atoms with Gasteiger partial charge < -0.3 is 29.6 Å². The van der Waals surface area contributed by atoms with Crippen LogP contribution in [0, 0.1) is 50.4 Å². The summed E-state index contributed by atoms with van der Waals surface area (Å²) in [5.41, 5.74) is 13.4. The highest BCUT2D eigenvalue weighted by molar-refractivity contribution is 5.72. The molecule has 10 heteroatoms. The molecule has 0 saturated carbocycles. The lowest BCUT2D eigenvalue weighted by atomic mass is 9.92. The Morgan fingerprint density at radius 1 is 0.500 bits per heavy atom. The molecule has 0 unspecified atom stereocenters. The second kappa shape index (κ2) is 19.4. The minimum atomic E-state index is 0.281. The lowest BCUT2D eigenvalue weighted by Crippen LogP contribution is -2.09. The summed E-state index contributed by atoms with van der Waals surface area (Å²) >= 11 is 0. The Balaban J connectivity index is 1.17. The summed E-state index contributed by atoms with van der Waals surface area (Å²) in [6, 6.07) is 28.6. The standard InChI is InChI=1S/C48H48N6O4/c1-31-13-41(25-51-5)47(55-27-37-15-35(19-49)21-53-23-37)17-45(31)57-29-39-9-7-11-43(33(39)3)44-12-8-10-40(34(44)4)30-58-46-18-48(42(26-52-6)14-32(46)2)56-28-38-16-36(20-50)22-54-24-38/h7-18,21-24,51-52H,25-30H2,1-6H3. The van der Waals surface area contributed by atoms with Crippen molar-refractivity contribution in [3.63, 3.8) is 0 Å². The molecule has 6 rings (SSSR count). The van der Waals surface area contributed by atoms with Gasteiger partial charge >= 0.3 is 0 Å². The fourth-order valence-electron chi connectivity index (χ4n) is 6.85. The van der Waals surface area contributed by atoms with E-state index in [4.69, 9.17) is 18.9 Å². The Labute approximate surface area is 341 Å². The van der Waals surface area contributed by atoms with E-state index in [2.05, 4.69) is 95.1 Å². The Morgan fingerprint density at radius 3 is 1.31 bits per heavy atom. The van der Waals surface area contributed by atoms with Crippen LogP contribution >= 0.6 is 0 Å². The van der Waals surface area contributed by atoms with Crippen LogP contribution in [0.25, 0.3) is 11.1 Å². The fourth-order valence-corrected chi connectivity index (χ4v) is 6.85. The minimum absolute atomic E-state index is 0.281. The summed E-state index contributed by atoms with van der Waals surface area (Å²) < 4.78 is 25.5. The zero-order valence-electron chi connectivity index (χ0n) is 33.9. The van der Waals surface area contributed by atoms with Crippen molar-refractivity contribution in [3.05, 3.63) is 164 Å². The van der Waals surface area contributed by atoms with Gasteiger partial charge in [-0.05, 0) is 111 Å². The van der Waals surface area contributed by atoms with Crippen molar-refractivity contribution in [2.45, 2.75) is 67.2 Å². The summed E-state index contributed by atoms with van der Waals surface area (Å²) in [5, 5.41) is 25.0. The number of nitrogens with zero attached hydrogens (tertiary/aromatic N) is 4. The molecule has 294 valence electrons. The second-order valence-electron chi connectivity index (χ2n) is 14.2. The summed E-state index contributed by atoms with van der Waals surface area (Å²) in [7, 11) is 3.81. The predicted molar refractivity (Wildman–Crippen MR) is 224 cm³/mol. The van der Waals surface area contributed by atoms with Gasteiger partial charge in [0.25, 0.3) is 0 Å². The minimum Gasteiger partial charge on any atom is -0.488 e. The number of ether oxygens (including phenoxy) is 4. The number of nitriles is 2. The zero-order valence-corrected chi connectivity index (χ0v) is 33.9. The molecular formula is C48H48N6O4. The number of rotatable bonds is 17. The number of hydrogen-bond donors (Lipinski definition) is 2. The van der Waals surface area contributed by atoms with Crippen LogP contribution in [0.2, 0.25) is 0 Å². The zero-order chi connectivity index (χ0) is 41.0. The van der Waals surface area contributed by atoms with Crippen molar-refractivity contribution in [2.24, 2.45) is 0 Å². The van der Waals surface area contributed by atoms with E-state index in [1.54, 1.807) is 24.5 Å². The second-order valence-corrected chi connectivity index (χ2v) is 14.2. The van der Waals surface area contributed by atoms with Crippen LogP contribution in [0.5, 0.6) is 23.0 Å². The van der Waals surface area contributed by atoms with E-state index < -0.39 is 0 Å². The average molecular weight is 773 g/mol. The molecule has 0 radical (unpaired) electrons. The van der Waals surface area contributed by atoms with E-state index in [1.165, 1.54) is 12.4 Å². The SMILES string of the molecule is CNCc1cc(C)c(OCc2cccc(-c3cccc(COc4cc(OCc5cncc(C#N)c5)c(CNC)cc4C)c3C)c2C)cc1OCc1cncc(C#N)c1. The quantitative estimate of drug-likeness (QED) is 0.0926. The molecular weight excluding hydrogens is 725 g/mol. The van der Waals surface area contributed by atoms with Crippen LogP contribution in [0.4, 0.5) is 0 Å². The first kappa shape index (κ1) is 40.9. The summed E-state index contributed by atoms with van der Waals surface area (Å²) in [6.07, 6.45) is 6.50. The molecule has 0 fully saturated rings. The van der Waals surface area contributed by atoms with Gasteiger partial charge in [-0.25, -0.2) is 0 Å². The normalized spacial score (nSPS) is 10.8. The van der Waals surface area contributed by atoms with Crippen LogP contribution in [0.3, 0.4) is 0 Å². The van der Waals surface area contributed by atoms with E-state index in [1.807, 2.05) is 40.1 Å². The van der Waals surface area contributed by atoms with Crippen LogP contribution in [-0.2, 0) is 39.5 Å². The molecule has 2 N–H and O–H groups in total. The third-order valence-electron chi connectivity index (χ3n) is 10.0. The van der Waals surface area contributed by atoms with E-state index in [9.17, 15) is 10.5 Å². The number of aryl methyl sites for hydroxylation is 2. The highest BCUT2D eigenvalue weighted by Gasteiger charge is 2.16. The molecule has 2 heterocycles. The van der Waals surface area contributed by atoms with Gasteiger partial charge in [0.2, 0.25) is 0 Å². The number of hydrogen-bond acceptors (Lipinski definition) is 10. The molecule has 0 aliphatic rings. The largest absolute Gasteiger partial charge is 0.488 e. The van der Waals surface area contributed by atoms with Gasteiger partial charge in [-0.3, -0.25) is 9.97 Å². The van der Waals surface area contributed by atoms with Gasteiger partial charge in [-0.1, -0.05) is 36.4 Å². The van der Waals surface area contributed by atoms with Crippen molar-refractivity contribution in [3.8, 4) is 46.3 Å². The number of benzene rings is 4. The first-order chi connectivity index (χ1) is 28.2. The van der Waals surface area contributed by atoms with Crippen molar-refractivity contribution in [1.82, 2.24) is 20.6 Å². The van der Waals surface area contributed by atoms with Gasteiger partial charge in [0.05, 0.1) is 11.1 Å². The molecule has 10 nitrogen and oxygen atoms in total. The number of pyridine rings is 2. The van der Waals surface area contributed by atoms with Gasteiger partial charge in [0.15, 0.2) is 0 Å². The highest BCUT2D eigenvalue weighted by atomic mass is 16.5. The molecule has 2 aromatic heterocycles. The molecule has 0 bridgehead atoms. The summed E-state index contributed by atoms with van der Waals surface area (Å²) in [5.74, 6) is 2.91. The number of aromatic nitrogens is 2. The molecule has 0 spiro atoms. The van der Waals surface area contributed by atoms with Crippen LogP contribution in [0.15, 0.2) is 97.6 Å². The van der Waals surface area contributed by atoms with Gasteiger partial charge in [0, 0.05) is 72.3 Å². The lowest BCUT2D eigenvalue weighted by Gasteiger charge is -2.19. The van der Waals surface area contributed by atoms with Crippen molar-refractivity contribution in [2.75, 3.05) is 14.1 Å². The Hall–Kier alpha value is -6.72. The Morgan fingerprint density at radius 2 is 0.914 bits per heavy atom. The lowest BCUT2D eigenvalue weighted by molar-refractivity contribution is 0.285. The Kier molecular flexibility index (Phi) is 13.7. The summed E-state index contributed by atoms with van der Waals surface area (Å²) in [4.78, 5) is 8.32. The highest BCUT2D eigenvalue weighted by Crippen LogP contribution is 2.35. The molecule has 0 aliphatic heterocycles. The molecule has 4 aromatic carbocycles. The van der Waals surface area contributed by atoms with Gasteiger partial charge in [-0.2, -0.15) is 10.5 Å². The van der Waals surface area contributed by atoms with Crippen LogP contribution in [0.1, 0.15) is 66.8 Å². The van der Waals surface area contributed by atoms with E-state index >= 15 is 0 Å². The third kappa shape index (κ3) is 9.98. The van der Waals surface area contributed by atoms with Crippen molar-refractivity contribution < 1.29 is 18.9 Å². The van der Waals surface area contributed by atoms with Crippen LogP contribution in [-0.4, -0.2) is 24.1 Å². The van der Waals surface area contributed by atoms with E-state index in [0.717, 1.165) is 78.3 Å². The topological polar surface area (TPSA) is 134 Å². The monoisotopic (exact) mass is 772 g/mol. The van der Waals surface area contributed by atoms with Crippen LogP contribution < -0.4 is 29.6 Å². The first-order valence-corrected chi connectivity index (χ1v) is 19.1. The molecule has 0 saturated heterocycles. The molecule has 6 aromatic rings.